The molecule has 0 saturated heterocycles. The van der Waals surface area contributed by atoms with Gasteiger partial charge in [0.25, 0.3) is 5.91 Å². The lowest BCUT2D eigenvalue weighted by Gasteiger charge is -2.02. The molecule has 0 aromatic carbocycles. The summed E-state index contributed by atoms with van der Waals surface area (Å²) < 4.78 is 0.934. The van der Waals surface area contributed by atoms with E-state index in [1.807, 2.05) is 0 Å². The summed E-state index contributed by atoms with van der Waals surface area (Å²) in [6.07, 6.45) is 2.82. The van der Waals surface area contributed by atoms with E-state index in [0.717, 1.165) is 10.8 Å². The van der Waals surface area contributed by atoms with Crippen LogP contribution >= 0.6 is 0 Å². The number of primary amides is 1. The molecular weight excluding hydrogens is 228 g/mol. The number of carboxylic acids is 2. The van der Waals surface area contributed by atoms with E-state index < -0.39 is 23.5 Å². The summed E-state index contributed by atoms with van der Waals surface area (Å²) in [6.45, 7) is 0. The summed E-state index contributed by atoms with van der Waals surface area (Å²) in [5, 5.41) is 19.2. The molecule has 1 aromatic heterocycles. The summed E-state index contributed by atoms with van der Waals surface area (Å²) in [4.78, 5) is 32.0. The standard InChI is InChI=1S/C10H8N2O5/c11-9(15)6-2-1-3-12(5-6)7(10(16)17)4-8(13)14/h1-5H,(H3-,11,13,14,15,16,17)/b7-4-. The van der Waals surface area contributed by atoms with Crippen molar-refractivity contribution in [1.82, 2.24) is 0 Å². The molecule has 7 heteroatoms. The maximum absolute atomic E-state index is 10.9. The fraction of sp³-hybridized carbons (Fsp3) is 0. The average molecular weight is 236 g/mol. The zero-order valence-electron chi connectivity index (χ0n) is 8.49. The van der Waals surface area contributed by atoms with E-state index in [1.54, 1.807) is 0 Å². The highest BCUT2D eigenvalue weighted by Crippen LogP contribution is 1.97. The molecule has 0 aliphatic rings. The van der Waals surface area contributed by atoms with Gasteiger partial charge in [-0.25, -0.2) is 4.79 Å². The van der Waals surface area contributed by atoms with Gasteiger partial charge in [0, 0.05) is 6.07 Å². The van der Waals surface area contributed by atoms with E-state index >= 15 is 0 Å². The molecule has 17 heavy (non-hydrogen) atoms. The van der Waals surface area contributed by atoms with Crippen LogP contribution in [0.15, 0.2) is 30.6 Å². The lowest BCUT2D eigenvalue weighted by Crippen LogP contribution is -2.43. The molecule has 0 saturated carbocycles. The molecule has 3 N–H and O–H groups in total. The molecule has 1 aromatic rings. The number of aliphatic carboxylic acids is 2. The molecule has 1 amide bonds. The van der Waals surface area contributed by atoms with Crippen LogP contribution in [0, 0.1) is 0 Å². The molecule has 0 aliphatic carbocycles. The predicted octanol–water partition coefficient (Wildman–Crippen LogP) is -2.25. The molecule has 0 spiro atoms. The molecule has 88 valence electrons. The van der Waals surface area contributed by atoms with Crippen molar-refractivity contribution in [3.05, 3.63) is 36.2 Å². The van der Waals surface area contributed by atoms with Gasteiger partial charge < -0.3 is 20.7 Å². The zero-order valence-corrected chi connectivity index (χ0v) is 8.49. The number of pyridine rings is 1. The molecule has 7 nitrogen and oxygen atoms in total. The van der Waals surface area contributed by atoms with Gasteiger partial charge >= 0.3 is 5.97 Å². The number of carbonyl (C=O) groups is 3. The number of carboxylic acid groups (broad SMARTS) is 2. The van der Waals surface area contributed by atoms with E-state index in [0.29, 0.717) is 6.08 Å². The van der Waals surface area contributed by atoms with Crippen molar-refractivity contribution in [2.75, 3.05) is 0 Å². The van der Waals surface area contributed by atoms with Crippen molar-refractivity contribution in [1.29, 1.82) is 0 Å². The van der Waals surface area contributed by atoms with E-state index in [2.05, 4.69) is 0 Å². The Morgan fingerprint density at radius 1 is 1.41 bits per heavy atom. The first-order valence-corrected chi connectivity index (χ1v) is 4.39. The van der Waals surface area contributed by atoms with Gasteiger partial charge in [-0.2, -0.15) is 4.57 Å². The van der Waals surface area contributed by atoms with E-state index in [1.165, 1.54) is 18.3 Å². The summed E-state index contributed by atoms with van der Waals surface area (Å²) in [7, 11) is 0. The van der Waals surface area contributed by atoms with Gasteiger partial charge in [-0.3, -0.25) is 4.79 Å². The topological polar surface area (TPSA) is 124 Å². The van der Waals surface area contributed by atoms with Crippen LogP contribution < -0.4 is 15.4 Å². The van der Waals surface area contributed by atoms with Gasteiger partial charge in [-0.1, -0.05) is 0 Å². The van der Waals surface area contributed by atoms with Crippen LogP contribution in [-0.4, -0.2) is 23.0 Å². The van der Waals surface area contributed by atoms with E-state index in [-0.39, 0.29) is 5.56 Å². The number of aromatic nitrogens is 1. The maximum atomic E-state index is 10.9. The van der Waals surface area contributed by atoms with Crippen LogP contribution in [0.5, 0.6) is 0 Å². The van der Waals surface area contributed by atoms with Crippen LogP contribution in [0.25, 0.3) is 5.70 Å². The highest BCUT2D eigenvalue weighted by Gasteiger charge is 2.15. The van der Waals surface area contributed by atoms with Crippen molar-refractivity contribution >= 4 is 23.5 Å². The molecule has 0 aliphatic heterocycles. The van der Waals surface area contributed by atoms with Crippen molar-refractivity contribution in [2.24, 2.45) is 5.73 Å². The Bertz CT molecular complexity index is 521. The summed E-state index contributed by atoms with van der Waals surface area (Å²) >= 11 is 0. The number of nitrogens with zero attached hydrogens (tertiary/aromatic N) is 1. The fourth-order valence-electron chi connectivity index (χ4n) is 1.13. The molecule has 0 atom stereocenters. The van der Waals surface area contributed by atoms with Gasteiger partial charge in [-0.05, 0) is 6.07 Å². The third-order valence-electron chi connectivity index (χ3n) is 1.83. The Balaban J connectivity index is 3.29. The first-order valence-electron chi connectivity index (χ1n) is 4.39. The minimum atomic E-state index is -1.68. The fourth-order valence-corrected chi connectivity index (χ4v) is 1.13. The first kappa shape index (κ1) is 12.4. The predicted molar refractivity (Wildman–Crippen MR) is 52.1 cm³/mol. The summed E-state index contributed by atoms with van der Waals surface area (Å²) in [6, 6.07) is 2.73. The molecule has 0 fully saturated rings. The Morgan fingerprint density at radius 2 is 2.06 bits per heavy atom. The first-order chi connectivity index (χ1) is 7.91. The maximum Gasteiger partial charge on any atom is 0.335 e. The van der Waals surface area contributed by atoms with Gasteiger partial charge in [0.05, 0.1) is 6.08 Å². The largest absolute Gasteiger partial charge is 0.539 e. The van der Waals surface area contributed by atoms with Gasteiger partial charge in [0.2, 0.25) is 5.70 Å². The Morgan fingerprint density at radius 3 is 2.53 bits per heavy atom. The molecule has 0 bridgehead atoms. The molecule has 0 unspecified atom stereocenters. The number of carbonyl (C=O) groups excluding carboxylic acids is 2. The summed E-state index contributed by atoms with van der Waals surface area (Å²) in [5.41, 5.74) is 4.44. The minimum absolute atomic E-state index is 0.0463. The second-order valence-corrected chi connectivity index (χ2v) is 3.02. The van der Waals surface area contributed by atoms with Crippen molar-refractivity contribution < 1.29 is 29.2 Å². The molecule has 1 rings (SSSR count). The average Bonchev–Trinajstić information content (AvgIpc) is 2.25. The second kappa shape index (κ2) is 4.88. The van der Waals surface area contributed by atoms with Crippen LogP contribution in [0.4, 0.5) is 0 Å². The Hall–Kier alpha value is -2.70. The van der Waals surface area contributed by atoms with Crippen molar-refractivity contribution in [3.63, 3.8) is 0 Å². The van der Waals surface area contributed by atoms with E-state index in [9.17, 15) is 19.5 Å². The van der Waals surface area contributed by atoms with Crippen LogP contribution in [0.3, 0.4) is 0 Å². The highest BCUT2D eigenvalue weighted by molar-refractivity contribution is 6.08. The number of hydrogen-bond donors (Lipinski definition) is 2. The third-order valence-corrected chi connectivity index (χ3v) is 1.83. The van der Waals surface area contributed by atoms with Crippen molar-refractivity contribution in [3.8, 4) is 0 Å². The summed E-state index contributed by atoms with van der Waals surface area (Å²) in [5.74, 6) is -3.88. The normalized spacial score (nSPS) is 10.9. The minimum Gasteiger partial charge on any atom is -0.539 e. The Kier molecular flexibility index (Phi) is 3.55. The Labute approximate surface area is 95.4 Å². The second-order valence-electron chi connectivity index (χ2n) is 3.02. The molecule has 1 heterocycles. The molecular formula is C10H8N2O5. The number of amides is 1. The zero-order chi connectivity index (χ0) is 13.0. The lowest BCUT2D eigenvalue weighted by molar-refractivity contribution is -0.582. The quantitative estimate of drug-likeness (QED) is 0.451. The van der Waals surface area contributed by atoms with Crippen LogP contribution in [-0.2, 0) is 9.59 Å². The molecule has 0 radical (unpaired) electrons. The van der Waals surface area contributed by atoms with Crippen LogP contribution in [0.2, 0.25) is 0 Å². The smallest absolute Gasteiger partial charge is 0.335 e. The van der Waals surface area contributed by atoms with Crippen molar-refractivity contribution in [2.45, 2.75) is 0 Å². The third kappa shape index (κ3) is 3.13. The van der Waals surface area contributed by atoms with Crippen LogP contribution in [0.1, 0.15) is 10.4 Å². The SMILES string of the molecule is NC(=O)c1ccc[n+](/C(=C\C(=O)O)C(=O)[O-])c1. The monoisotopic (exact) mass is 236 g/mol. The van der Waals surface area contributed by atoms with Gasteiger partial charge in [0.1, 0.15) is 11.5 Å². The van der Waals surface area contributed by atoms with E-state index in [4.69, 9.17) is 10.8 Å². The number of nitrogens with two attached hydrogens (primary N) is 1. The van der Waals surface area contributed by atoms with Gasteiger partial charge in [0.15, 0.2) is 12.4 Å². The van der Waals surface area contributed by atoms with Gasteiger partial charge in [-0.15, -0.1) is 0 Å². The number of rotatable bonds is 4. The lowest BCUT2D eigenvalue weighted by atomic mass is 10.2. The highest BCUT2D eigenvalue weighted by atomic mass is 16.4. The number of hydrogen-bond acceptors (Lipinski definition) is 4.